The molecule has 3 heterocycles. The molecule has 2 N–H and O–H groups in total. The number of pyridine rings is 1. The molecule has 0 aromatic carbocycles. The molecular formula is C19H30IN7. The summed E-state index contributed by atoms with van der Waals surface area (Å²) in [6, 6.07) is 6.00. The maximum Gasteiger partial charge on any atom is 0.191 e. The van der Waals surface area contributed by atoms with E-state index in [0.29, 0.717) is 6.54 Å². The number of nitrogens with zero attached hydrogens (tertiary/aromatic N) is 5. The van der Waals surface area contributed by atoms with Crippen LogP contribution < -0.4 is 10.6 Å². The van der Waals surface area contributed by atoms with Crippen LogP contribution in [0.4, 0.5) is 0 Å². The summed E-state index contributed by atoms with van der Waals surface area (Å²) in [5, 5.41) is 15.4. The van der Waals surface area contributed by atoms with E-state index in [1.807, 2.05) is 24.4 Å². The molecule has 0 atom stereocenters. The van der Waals surface area contributed by atoms with E-state index in [1.165, 1.54) is 19.3 Å². The van der Waals surface area contributed by atoms with Crippen molar-refractivity contribution in [2.24, 2.45) is 4.99 Å². The monoisotopic (exact) mass is 483 g/mol. The van der Waals surface area contributed by atoms with Crippen LogP contribution in [0.15, 0.2) is 29.4 Å². The van der Waals surface area contributed by atoms with Crippen LogP contribution in [0.1, 0.15) is 43.5 Å². The Morgan fingerprint density at radius 1 is 1.15 bits per heavy atom. The van der Waals surface area contributed by atoms with Crippen LogP contribution in [0.3, 0.4) is 0 Å². The molecule has 0 radical (unpaired) electrons. The Balaban J connectivity index is 0.00000261. The minimum Gasteiger partial charge on any atom is -0.357 e. The molecule has 2 aromatic rings. The van der Waals surface area contributed by atoms with E-state index < -0.39 is 0 Å². The molecule has 8 heteroatoms. The molecular weight excluding hydrogens is 453 g/mol. The van der Waals surface area contributed by atoms with Crippen LogP contribution in [-0.4, -0.2) is 45.3 Å². The van der Waals surface area contributed by atoms with Gasteiger partial charge in [0, 0.05) is 57.3 Å². The number of aromatic nitrogens is 4. The summed E-state index contributed by atoms with van der Waals surface area (Å²) in [4.78, 5) is 9.03. The molecule has 0 aliphatic carbocycles. The number of hydrogen-bond donors (Lipinski definition) is 2. The first-order valence-electron chi connectivity index (χ1n) is 9.70. The number of halogens is 1. The van der Waals surface area contributed by atoms with Crippen molar-refractivity contribution in [3.8, 4) is 0 Å². The van der Waals surface area contributed by atoms with Gasteiger partial charge in [0.1, 0.15) is 11.6 Å². The second-order valence-corrected chi connectivity index (χ2v) is 6.50. The standard InChI is InChI=1S/C19H29N7.HI/c1-2-20-19(22-13-10-16-8-5-6-12-21-16)23-14-11-18-25-24-17-9-4-3-7-15-26(17)18;/h5-6,8,12H,2-4,7,9-11,13-15H2,1H3,(H2,20,22,23);1H. The van der Waals surface area contributed by atoms with Crippen molar-refractivity contribution in [2.45, 2.75) is 52.0 Å². The van der Waals surface area contributed by atoms with Crippen LogP contribution in [0.2, 0.25) is 0 Å². The minimum absolute atomic E-state index is 0. The molecule has 0 bridgehead atoms. The van der Waals surface area contributed by atoms with Gasteiger partial charge in [-0.15, -0.1) is 34.2 Å². The van der Waals surface area contributed by atoms with Crippen molar-refractivity contribution in [3.63, 3.8) is 0 Å². The van der Waals surface area contributed by atoms with Gasteiger partial charge in [0.25, 0.3) is 0 Å². The molecule has 0 fully saturated rings. The van der Waals surface area contributed by atoms with Crippen molar-refractivity contribution in [1.29, 1.82) is 0 Å². The average Bonchev–Trinajstić information content (AvgIpc) is 2.89. The Kier molecular flexibility index (Phi) is 9.51. The fraction of sp³-hybridized carbons (Fsp3) is 0.579. The van der Waals surface area contributed by atoms with Gasteiger partial charge in [-0.2, -0.15) is 0 Å². The van der Waals surface area contributed by atoms with E-state index >= 15 is 0 Å². The number of guanidine groups is 1. The second kappa shape index (κ2) is 11.9. The maximum atomic E-state index is 4.68. The first kappa shape index (κ1) is 21.6. The summed E-state index contributed by atoms with van der Waals surface area (Å²) in [5.41, 5.74) is 1.09. The molecule has 0 spiro atoms. The highest BCUT2D eigenvalue weighted by molar-refractivity contribution is 14.0. The van der Waals surface area contributed by atoms with Gasteiger partial charge >= 0.3 is 0 Å². The lowest BCUT2D eigenvalue weighted by molar-refractivity contribution is 0.604. The smallest absolute Gasteiger partial charge is 0.191 e. The van der Waals surface area contributed by atoms with Crippen molar-refractivity contribution >= 4 is 29.9 Å². The Morgan fingerprint density at radius 3 is 2.89 bits per heavy atom. The Morgan fingerprint density at radius 2 is 2.07 bits per heavy atom. The van der Waals surface area contributed by atoms with Crippen molar-refractivity contribution in [1.82, 2.24) is 30.4 Å². The highest BCUT2D eigenvalue weighted by Gasteiger charge is 2.14. The van der Waals surface area contributed by atoms with E-state index in [1.54, 1.807) is 0 Å². The first-order chi connectivity index (χ1) is 12.9. The van der Waals surface area contributed by atoms with Gasteiger partial charge in [0.15, 0.2) is 5.96 Å². The Hall–Kier alpha value is -1.71. The number of hydrogen-bond acceptors (Lipinski definition) is 4. The molecule has 7 nitrogen and oxygen atoms in total. The van der Waals surface area contributed by atoms with Gasteiger partial charge in [-0.25, -0.2) is 0 Å². The number of aryl methyl sites for hydroxylation is 1. The van der Waals surface area contributed by atoms with Gasteiger partial charge in [-0.05, 0) is 31.9 Å². The number of aliphatic imine (C=N–C) groups is 1. The summed E-state index contributed by atoms with van der Waals surface area (Å²) in [6.07, 6.45) is 8.31. The fourth-order valence-electron chi connectivity index (χ4n) is 3.19. The minimum atomic E-state index is 0. The first-order valence-corrected chi connectivity index (χ1v) is 9.70. The topological polar surface area (TPSA) is 80.0 Å². The molecule has 1 aliphatic rings. The summed E-state index contributed by atoms with van der Waals surface area (Å²) in [5.74, 6) is 3.05. The highest BCUT2D eigenvalue weighted by Crippen LogP contribution is 2.14. The van der Waals surface area contributed by atoms with Crippen LogP contribution in [0.5, 0.6) is 0 Å². The number of nitrogens with one attached hydrogen (secondary N) is 2. The van der Waals surface area contributed by atoms with Gasteiger partial charge in [0.05, 0.1) is 0 Å². The van der Waals surface area contributed by atoms with Gasteiger partial charge < -0.3 is 15.2 Å². The largest absolute Gasteiger partial charge is 0.357 e. The van der Waals surface area contributed by atoms with E-state index in [-0.39, 0.29) is 24.0 Å². The average molecular weight is 483 g/mol. The van der Waals surface area contributed by atoms with Crippen molar-refractivity contribution in [3.05, 3.63) is 41.7 Å². The summed E-state index contributed by atoms with van der Waals surface area (Å²) in [7, 11) is 0. The summed E-state index contributed by atoms with van der Waals surface area (Å²) >= 11 is 0. The zero-order valence-electron chi connectivity index (χ0n) is 16.0. The predicted octanol–water partition coefficient (Wildman–Crippen LogP) is 2.36. The summed E-state index contributed by atoms with van der Waals surface area (Å²) in [6.45, 7) is 5.48. The normalized spacial score (nSPS) is 14.0. The summed E-state index contributed by atoms with van der Waals surface area (Å²) < 4.78 is 2.30. The molecule has 0 unspecified atom stereocenters. The molecule has 0 saturated heterocycles. The van der Waals surface area contributed by atoms with Crippen LogP contribution in [0.25, 0.3) is 0 Å². The highest BCUT2D eigenvalue weighted by atomic mass is 127. The second-order valence-electron chi connectivity index (χ2n) is 6.50. The molecule has 148 valence electrons. The van der Waals surface area contributed by atoms with E-state index in [9.17, 15) is 0 Å². The van der Waals surface area contributed by atoms with Crippen molar-refractivity contribution < 1.29 is 0 Å². The molecule has 0 saturated carbocycles. The van der Waals surface area contributed by atoms with Crippen molar-refractivity contribution in [2.75, 3.05) is 19.6 Å². The van der Waals surface area contributed by atoms with Crippen LogP contribution >= 0.6 is 24.0 Å². The fourth-order valence-corrected chi connectivity index (χ4v) is 3.19. The van der Waals surface area contributed by atoms with E-state index in [0.717, 1.165) is 62.2 Å². The SMILES string of the molecule is CCNC(=NCCc1nnc2n1CCCCC2)NCCc1ccccn1.I. The van der Waals surface area contributed by atoms with Crippen LogP contribution in [0, 0.1) is 0 Å². The lowest BCUT2D eigenvalue weighted by atomic mass is 10.2. The number of fused-ring (bicyclic) bond motifs is 1. The molecule has 0 amide bonds. The molecule has 2 aromatic heterocycles. The molecule has 1 aliphatic heterocycles. The molecule has 3 rings (SSSR count). The number of rotatable bonds is 7. The van der Waals surface area contributed by atoms with E-state index in [4.69, 9.17) is 0 Å². The van der Waals surface area contributed by atoms with E-state index in [2.05, 4.69) is 42.3 Å². The molecule has 27 heavy (non-hydrogen) atoms. The maximum absolute atomic E-state index is 4.68. The Bertz CT molecular complexity index is 699. The quantitative estimate of drug-likeness (QED) is 0.359. The third-order valence-corrected chi connectivity index (χ3v) is 4.54. The zero-order chi connectivity index (χ0) is 18.0. The van der Waals surface area contributed by atoms with Crippen LogP contribution in [-0.2, 0) is 25.8 Å². The van der Waals surface area contributed by atoms with Gasteiger partial charge in [0.2, 0.25) is 0 Å². The lowest BCUT2D eigenvalue weighted by Crippen LogP contribution is -2.38. The Labute approximate surface area is 178 Å². The van der Waals surface area contributed by atoms with Gasteiger partial charge in [-0.3, -0.25) is 9.98 Å². The zero-order valence-corrected chi connectivity index (χ0v) is 18.4. The predicted molar refractivity (Wildman–Crippen MR) is 119 cm³/mol. The third-order valence-electron chi connectivity index (χ3n) is 4.54. The third kappa shape index (κ3) is 6.75. The van der Waals surface area contributed by atoms with Gasteiger partial charge in [-0.1, -0.05) is 12.5 Å². The lowest BCUT2D eigenvalue weighted by Gasteiger charge is -2.11.